The molecule has 0 aliphatic heterocycles. The molecule has 0 saturated heterocycles. The van der Waals surface area contributed by atoms with Gasteiger partial charge in [-0.15, -0.1) is 5.56 Å². The number of carbonyl (C=O) groups is 1. The van der Waals surface area contributed by atoms with Crippen LogP contribution in [0.3, 0.4) is 0 Å². The van der Waals surface area contributed by atoms with Crippen molar-refractivity contribution >= 4 is 5.78 Å². The molecule has 0 unspecified atom stereocenters. The summed E-state index contributed by atoms with van der Waals surface area (Å²) in [6.45, 7) is 0. The number of hydrogen-bond donors (Lipinski definition) is 0. The van der Waals surface area contributed by atoms with Gasteiger partial charge in [-0.25, -0.2) is 0 Å². The molecule has 22 heavy (non-hydrogen) atoms. The summed E-state index contributed by atoms with van der Waals surface area (Å²) in [5.74, 6) is 1.77. The van der Waals surface area contributed by atoms with E-state index in [-0.39, 0.29) is 31.1 Å². The van der Waals surface area contributed by atoms with Crippen LogP contribution in [-0.4, -0.2) is 27.1 Å². The fourth-order valence-electron chi connectivity index (χ4n) is 1.92. The van der Waals surface area contributed by atoms with Crippen molar-refractivity contribution in [1.29, 1.82) is 0 Å². The number of carbonyl (C=O) groups excluding carboxylic acids is 1. The largest absolute Gasteiger partial charge is 1.00 e. The maximum Gasteiger partial charge on any atom is 1.00 e. The number of methoxy groups -OCH3 is 3. The first-order valence-corrected chi connectivity index (χ1v) is 6.47. The van der Waals surface area contributed by atoms with Crippen LogP contribution in [0.25, 0.3) is 0 Å². The topological polar surface area (TPSA) is 44.8 Å². The second kappa shape index (κ2) is 8.53. The summed E-state index contributed by atoms with van der Waals surface area (Å²) in [5, 5.41) is 0. The van der Waals surface area contributed by atoms with E-state index in [0.29, 0.717) is 17.1 Å². The summed E-state index contributed by atoms with van der Waals surface area (Å²) < 4.78 is 15.4. The van der Waals surface area contributed by atoms with Crippen molar-refractivity contribution in [3.05, 3.63) is 53.6 Å². The first-order valence-electron chi connectivity index (χ1n) is 6.47. The zero-order valence-electron chi connectivity index (χ0n) is 13.3. The van der Waals surface area contributed by atoms with E-state index >= 15 is 0 Å². The maximum atomic E-state index is 12.3. The molecule has 0 spiro atoms. The molecule has 0 fully saturated rings. The summed E-state index contributed by atoms with van der Waals surface area (Å²) in [4.78, 5) is 12.3. The van der Waals surface area contributed by atoms with Gasteiger partial charge in [-0.1, -0.05) is 30.3 Å². The van der Waals surface area contributed by atoms with Crippen molar-refractivity contribution < 1.29 is 37.9 Å². The summed E-state index contributed by atoms with van der Waals surface area (Å²) in [7, 11) is 4.69. The van der Waals surface area contributed by atoms with Gasteiger partial charge in [-0.05, 0) is 17.7 Å². The molecule has 0 aromatic heterocycles. The van der Waals surface area contributed by atoms with Gasteiger partial charge in [0.2, 0.25) is 0 Å². The molecule has 0 aliphatic carbocycles. The van der Waals surface area contributed by atoms with Crippen molar-refractivity contribution in [3.63, 3.8) is 0 Å². The van der Waals surface area contributed by atoms with Crippen molar-refractivity contribution in [2.24, 2.45) is 0 Å². The number of ketones is 1. The van der Waals surface area contributed by atoms with Crippen LogP contribution in [-0.2, 0) is 6.42 Å². The number of rotatable bonds is 6. The Bertz CT molecular complexity index is 601. The molecule has 2 aromatic rings. The van der Waals surface area contributed by atoms with Crippen LogP contribution in [0.15, 0.2) is 36.4 Å². The van der Waals surface area contributed by atoms with Crippen LogP contribution < -0.4 is 33.1 Å². The van der Waals surface area contributed by atoms with Gasteiger partial charge in [-0.2, -0.15) is 0 Å². The molecular formula is C17H17LiO4. The predicted octanol–water partition coefficient (Wildman–Crippen LogP) is -0.0580. The van der Waals surface area contributed by atoms with Gasteiger partial charge >= 0.3 is 18.9 Å². The Balaban J connectivity index is 0.00000242. The van der Waals surface area contributed by atoms with Crippen molar-refractivity contribution in [2.75, 3.05) is 21.3 Å². The molecule has 110 valence electrons. The van der Waals surface area contributed by atoms with Crippen LogP contribution in [0.4, 0.5) is 0 Å². The SMILES string of the molecule is COc1[c-]c(C(=O)Cc2ccc(OC)cc2)cc(OC)c1.[Li+]. The van der Waals surface area contributed by atoms with Crippen LogP contribution in [0.1, 0.15) is 15.9 Å². The Morgan fingerprint density at radius 3 is 2.14 bits per heavy atom. The van der Waals surface area contributed by atoms with Gasteiger partial charge in [0.05, 0.1) is 27.1 Å². The number of ether oxygens (including phenoxy) is 3. The second-order valence-corrected chi connectivity index (χ2v) is 4.45. The minimum atomic E-state index is -0.0441. The molecule has 0 aliphatic rings. The van der Waals surface area contributed by atoms with Crippen LogP contribution in [0.5, 0.6) is 17.2 Å². The number of Topliss-reactive ketones (excluding diaryl/α,β-unsaturated/α-hetero) is 1. The Morgan fingerprint density at radius 2 is 1.59 bits per heavy atom. The Labute approximate surface area is 142 Å². The first-order chi connectivity index (χ1) is 10.2. The van der Waals surface area contributed by atoms with E-state index in [1.165, 1.54) is 7.11 Å². The van der Waals surface area contributed by atoms with E-state index in [9.17, 15) is 4.79 Å². The monoisotopic (exact) mass is 292 g/mol. The Morgan fingerprint density at radius 1 is 0.955 bits per heavy atom. The molecule has 0 heterocycles. The first kappa shape index (κ1) is 18.2. The zero-order valence-corrected chi connectivity index (χ0v) is 13.3. The maximum absolute atomic E-state index is 12.3. The zero-order chi connectivity index (χ0) is 15.2. The fourth-order valence-corrected chi connectivity index (χ4v) is 1.92. The quantitative estimate of drug-likeness (QED) is 0.425. The third-order valence-corrected chi connectivity index (χ3v) is 3.10. The molecule has 0 N–H and O–H groups in total. The normalized spacial score (nSPS) is 9.59. The Kier molecular flexibility index (Phi) is 7.04. The molecule has 2 aromatic carbocycles. The third kappa shape index (κ3) is 4.56. The molecule has 0 amide bonds. The molecule has 0 bridgehead atoms. The standard InChI is InChI=1S/C17H17O4.Li/c1-19-14-6-4-12(5-7-14)8-17(18)13-9-15(20-2)11-16(10-13)21-3;/h4-7,9,11H,8H2,1-3H3;/q-1;+1. The summed E-state index contributed by atoms with van der Waals surface area (Å²) in [6, 6.07) is 13.7. The average molecular weight is 292 g/mol. The molecule has 5 heteroatoms. The summed E-state index contributed by atoms with van der Waals surface area (Å²) >= 11 is 0. The van der Waals surface area contributed by atoms with Gasteiger partial charge < -0.3 is 19.0 Å². The van der Waals surface area contributed by atoms with Gasteiger partial charge in [0.15, 0.2) is 0 Å². The molecule has 2 rings (SSSR count). The smallest absolute Gasteiger partial charge is 0.516 e. The molecular weight excluding hydrogens is 275 g/mol. The van der Waals surface area contributed by atoms with Crippen LogP contribution in [0.2, 0.25) is 0 Å². The van der Waals surface area contributed by atoms with Gasteiger partial charge in [0, 0.05) is 17.9 Å². The average Bonchev–Trinajstić information content (AvgIpc) is 2.54. The number of hydrogen-bond acceptors (Lipinski definition) is 4. The minimum absolute atomic E-state index is 0. The van der Waals surface area contributed by atoms with Crippen LogP contribution in [0, 0.1) is 6.07 Å². The van der Waals surface area contributed by atoms with Gasteiger partial charge in [-0.3, -0.25) is 0 Å². The van der Waals surface area contributed by atoms with Gasteiger partial charge in [0.1, 0.15) is 5.75 Å². The van der Waals surface area contributed by atoms with Gasteiger partial charge in [0.25, 0.3) is 0 Å². The van der Waals surface area contributed by atoms with Crippen molar-refractivity contribution in [2.45, 2.75) is 6.42 Å². The predicted molar refractivity (Wildman–Crippen MR) is 79.4 cm³/mol. The van der Waals surface area contributed by atoms with E-state index in [1.807, 2.05) is 24.3 Å². The Hall–Kier alpha value is -1.89. The van der Waals surface area contributed by atoms with E-state index in [0.717, 1.165) is 11.3 Å². The van der Waals surface area contributed by atoms with E-state index in [2.05, 4.69) is 6.07 Å². The number of benzene rings is 2. The van der Waals surface area contributed by atoms with E-state index in [1.54, 1.807) is 26.4 Å². The molecule has 0 atom stereocenters. The summed E-state index contributed by atoms with van der Waals surface area (Å²) in [5.41, 5.74) is 1.36. The summed E-state index contributed by atoms with van der Waals surface area (Å²) in [6.07, 6.45) is 0.289. The van der Waals surface area contributed by atoms with Crippen molar-refractivity contribution in [3.8, 4) is 17.2 Å². The fraction of sp³-hybridized carbons (Fsp3) is 0.235. The second-order valence-electron chi connectivity index (χ2n) is 4.45. The third-order valence-electron chi connectivity index (χ3n) is 3.10. The van der Waals surface area contributed by atoms with E-state index < -0.39 is 0 Å². The molecule has 0 radical (unpaired) electrons. The van der Waals surface area contributed by atoms with Crippen LogP contribution >= 0.6 is 0 Å². The van der Waals surface area contributed by atoms with Crippen molar-refractivity contribution in [1.82, 2.24) is 0 Å². The minimum Gasteiger partial charge on any atom is -0.516 e. The molecule has 4 nitrogen and oxygen atoms in total. The van der Waals surface area contributed by atoms with E-state index in [4.69, 9.17) is 14.2 Å². The molecule has 0 saturated carbocycles.